The highest BCUT2D eigenvalue weighted by atomic mass is 16.2. The van der Waals surface area contributed by atoms with Gasteiger partial charge in [0.2, 0.25) is 0 Å². The van der Waals surface area contributed by atoms with E-state index < -0.39 is 11.3 Å². The Morgan fingerprint density at radius 1 is 0.889 bits per heavy atom. The molecule has 6 heteroatoms. The van der Waals surface area contributed by atoms with Crippen molar-refractivity contribution in [3.8, 4) is 16.9 Å². The fraction of sp³-hybridized carbons (Fsp3) is 0.233. The van der Waals surface area contributed by atoms with Gasteiger partial charge in [-0.2, -0.15) is 0 Å². The first kappa shape index (κ1) is 24.9. The third kappa shape index (κ3) is 4.93. The standard InChI is InChI=1S/C30H31N3O3/c1-5-18-32(29(35)24-16-14-20(2)15-17-24)19-26(34)27-28(23-11-7-6-8-12-23)31-33(30(27)36)25-13-9-10-21(3)22(25)4/h6-17,31H,5,18-19H2,1-4H3. The van der Waals surface area contributed by atoms with Crippen molar-refractivity contribution in [2.75, 3.05) is 13.1 Å². The fourth-order valence-electron chi connectivity index (χ4n) is 4.31. The summed E-state index contributed by atoms with van der Waals surface area (Å²) >= 11 is 0. The van der Waals surface area contributed by atoms with E-state index in [-0.39, 0.29) is 18.0 Å². The second-order valence-corrected chi connectivity index (χ2v) is 9.10. The van der Waals surface area contributed by atoms with Crippen LogP contribution < -0.4 is 5.56 Å². The predicted molar refractivity (Wildman–Crippen MR) is 143 cm³/mol. The lowest BCUT2D eigenvalue weighted by Crippen LogP contribution is -2.37. The van der Waals surface area contributed by atoms with Gasteiger partial charge in [-0.3, -0.25) is 19.5 Å². The molecule has 0 saturated heterocycles. The van der Waals surface area contributed by atoms with E-state index in [9.17, 15) is 14.4 Å². The number of Topliss-reactive ketones (excluding diaryl/α,β-unsaturated/α-hetero) is 1. The number of aryl methyl sites for hydroxylation is 2. The molecule has 1 N–H and O–H groups in total. The van der Waals surface area contributed by atoms with Crippen molar-refractivity contribution in [3.05, 3.63) is 111 Å². The van der Waals surface area contributed by atoms with Crippen LogP contribution in [0.3, 0.4) is 0 Å². The molecule has 0 radical (unpaired) electrons. The van der Waals surface area contributed by atoms with Crippen LogP contribution in [0.1, 0.15) is 50.8 Å². The number of H-pyrrole nitrogens is 1. The van der Waals surface area contributed by atoms with Crippen LogP contribution in [0.5, 0.6) is 0 Å². The molecule has 4 aromatic rings. The fourth-order valence-corrected chi connectivity index (χ4v) is 4.31. The zero-order valence-electron chi connectivity index (χ0n) is 21.2. The topological polar surface area (TPSA) is 75.2 Å². The van der Waals surface area contributed by atoms with Gasteiger partial charge in [-0.05, 0) is 56.5 Å². The highest BCUT2D eigenvalue weighted by Crippen LogP contribution is 2.23. The summed E-state index contributed by atoms with van der Waals surface area (Å²) in [5, 5.41) is 3.18. The highest BCUT2D eigenvalue weighted by molar-refractivity contribution is 6.05. The van der Waals surface area contributed by atoms with Crippen molar-refractivity contribution in [2.24, 2.45) is 0 Å². The largest absolute Gasteiger partial charge is 0.331 e. The van der Waals surface area contributed by atoms with Crippen LogP contribution in [0.4, 0.5) is 0 Å². The van der Waals surface area contributed by atoms with E-state index in [0.717, 1.165) is 22.3 Å². The number of amides is 1. The van der Waals surface area contributed by atoms with E-state index in [1.54, 1.807) is 12.1 Å². The van der Waals surface area contributed by atoms with E-state index in [0.29, 0.717) is 29.9 Å². The molecule has 1 heterocycles. The number of rotatable bonds is 8. The molecule has 184 valence electrons. The number of aromatic nitrogens is 2. The van der Waals surface area contributed by atoms with Crippen LogP contribution >= 0.6 is 0 Å². The molecule has 3 aromatic carbocycles. The molecule has 0 spiro atoms. The van der Waals surface area contributed by atoms with Gasteiger partial charge < -0.3 is 4.90 Å². The summed E-state index contributed by atoms with van der Waals surface area (Å²) in [5.74, 6) is -0.620. The second-order valence-electron chi connectivity index (χ2n) is 9.10. The lowest BCUT2D eigenvalue weighted by molar-refractivity contribution is 0.0709. The zero-order valence-corrected chi connectivity index (χ0v) is 21.2. The van der Waals surface area contributed by atoms with E-state index in [2.05, 4.69) is 5.10 Å². The van der Waals surface area contributed by atoms with Gasteiger partial charge in [-0.15, -0.1) is 0 Å². The molecule has 0 atom stereocenters. The average molecular weight is 482 g/mol. The summed E-state index contributed by atoms with van der Waals surface area (Å²) in [4.78, 5) is 42.2. The molecule has 6 nitrogen and oxygen atoms in total. The average Bonchev–Trinajstić information content (AvgIpc) is 3.23. The zero-order chi connectivity index (χ0) is 25.8. The minimum atomic E-state index is -0.424. The van der Waals surface area contributed by atoms with Gasteiger partial charge in [-0.25, -0.2) is 4.68 Å². The number of carbonyl (C=O) groups is 2. The van der Waals surface area contributed by atoms with Gasteiger partial charge in [-0.1, -0.05) is 67.1 Å². The normalized spacial score (nSPS) is 10.9. The Labute approximate surface area is 211 Å². The second kappa shape index (κ2) is 10.6. The van der Waals surface area contributed by atoms with Crippen molar-refractivity contribution >= 4 is 11.7 Å². The molecule has 4 rings (SSSR count). The summed E-state index contributed by atoms with van der Waals surface area (Å²) < 4.78 is 1.43. The molecule has 0 aliphatic carbocycles. The van der Waals surface area contributed by atoms with Crippen LogP contribution in [-0.4, -0.2) is 39.5 Å². The summed E-state index contributed by atoms with van der Waals surface area (Å²) in [7, 11) is 0. The number of aromatic amines is 1. The molecule has 0 aliphatic rings. The van der Waals surface area contributed by atoms with E-state index in [1.165, 1.54) is 9.58 Å². The highest BCUT2D eigenvalue weighted by Gasteiger charge is 2.27. The van der Waals surface area contributed by atoms with E-state index in [4.69, 9.17) is 0 Å². The maximum absolute atomic E-state index is 13.7. The number of ketones is 1. The third-order valence-electron chi connectivity index (χ3n) is 6.46. The van der Waals surface area contributed by atoms with Crippen molar-refractivity contribution in [1.29, 1.82) is 0 Å². The lowest BCUT2D eigenvalue weighted by atomic mass is 10.0. The Hall–Kier alpha value is -4.19. The Morgan fingerprint density at radius 2 is 1.58 bits per heavy atom. The number of benzene rings is 3. The van der Waals surface area contributed by atoms with Crippen molar-refractivity contribution in [1.82, 2.24) is 14.7 Å². The first-order chi connectivity index (χ1) is 17.3. The maximum atomic E-state index is 13.7. The Kier molecular flexibility index (Phi) is 7.34. The minimum absolute atomic E-state index is 0.0555. The van der Waals surface area contributed by atoms with Gasteiger partial charge in [0.25, 0.3) is 11.5 Å². The Morgan fingerprint density at radius 3 is 2.25 bits per heavy atom. The monoisotopic (exact) mass is 481 g/mol. The summed E-state index contributed by atoms with van der Waals surface area (Å²) in [6.45, 7) is 8.08. The molecule has 0 fully saturated rings. The van der Waals surface area contributed by atoms with Crippen LogP contribution in [0.25, 0.3) is 16.9 Å². The minimum Gasteiger partial charge on any atom is -0.331 e. The van der Waals surface area contributed by atoms with E-state index in [1.807, 2.05) is 88.4 Å². The summed E-state index contributed by atoms with van der Waals surface area (Å²) in [5.41, 5.74) is 5.06. The van der Waals surface area contributed by atoms with Crippen LogP contribution in [0.15, 0.2) is 77.6 Å². The molecule has 0 bridgehead atoms. The summed E-state index contributed by atoms with van der Waals surface area (Å²) in [6, 6.07) is 22.3. The summed E-state index contributed by atoms with van der Waals surface area (Å²) in [6.07, 6.45) is 0.691. The number of hydrogen-bond acceptors (Lipinski definition) is 3. The van der Waals surface area contributed by atoms with E-state index >= 15 is 0 Å². The molecular formula is C30H31N3O3. The van der Waals surface area contributed by atoms with Crippen LogP contribution in [-0.2, 0) is 0 Å². The van der Waals surface area contributed by atoms with Crippen molar-refractivity contribution < 1.29 is 9.59 Å². The molecule has 36 heavy (non-hydrogen) atoms. The molecule has 1 aromatic heterocycles. The Bertz CT molecular complexity index is 1450. The number of nitrogens with one attached hydrogen (secondary N) is 1. The van der Waals surface area contributed by atoms with Crippen LogP contribution in [0.2, 0.25) is 0 Å². The van der Waals surface area contributed by atoms with Gasteiger partial charge in [0.15, 0.2) is 5.78 Å². The lowest BCUT2D eigenvalue weighted by Gasteiger charge is -2.21. The molecule has 0 unspecified atom stereocenters. The first-order valence-corrected chi connectivity index (χ1v) is 12.2. The smallest absolute Gasteiger partial charge is 0.282 e. The molecule has 0 saturated carbocycles. The Balaban J connectivity index is 1.78. The van der Waals surface area contributed by atoms with Gasteiger partial charge in [0.05, 0.1) is 17.9 Å². The number of carbonyl (C=O) groups excluding carboxylic acids is 2. The van der Waals surface area contributed by atoms with Gasteiger partial charge >= 0.3 is 0 Å². The molecule has 0 aliphatic heterocycles. The predicted octanol–water partition coefficient (Wildman–Crippen LogP) is 5.49. The molecule has 1 amide bonds. The third-order valence-corrected chi connectivity index (χ3v) is 6.46. The maximum Gasteiger partial charge on any atom is 0.282 e. The number of hydrogen-bond donors (Lipinski definition) is 1. The SMILES string of the molecule is CCCN(CC(=O)c1c(-c2ccccc2)[nH]n(-c2cccc(C)c2C)c1=O)C(=O)c1ccc(C)cc1. The van der Waals surface area contributed by atoms with Crippen molar-refractivity contribution in [3.63, 3.8) is 0 Å². The molecular weight excluding hydrogens is 450 g/mol. The van der Waals surface area contributed by atoms with Crippen LogP contribution in [0, 0.1) is 20.8 Å². The number of nitrogens with zero attached hydrogens (tertiary/aromatic N) is 2. The van der Waals surface area contributed by atoms with Gasteiger partial charge in [0, 0.05) is 17.7 Å². The first-order valence-electron chi connectivity index (χ1n) is 12.2. The van der Waals surface area contributed by atoms with Crippen molar-refractivity contribution in [2.45, 2.75) is 34.1 Å². The van der Waals surface area contributed by atoms with Gasteiger partial charge in [0.1, 0.15) is 5.56 Å². The quantitative estimate of drug-likeness (QED) is 0.338.